The number of hydrogen-bond acceptors (Lipinski definition) is 2. The first-order chi connectivity index (χ1) is 9.83. The van der Waals surface area contributed by atoms with Gasteiger partial charge in [-0.3, -0.25) is 4.90 Å². The molecule has 100 valence electrons. The van der Waals surface area contributed by atoms with Gasteiger partial charge in [0.15, 0.2) is 0 Å². The predicted molar refractivity (Wildman–Crippen MR) is 77.6 cm³/mol. The first-order valence-electron chi connectivity index (χ1n) is 6.56. The van der Waals surface area contributed by atoms with Crippen LogP contribution in [0.25, 0.3) is 6.08 Å². The number of nitrogens with zero attached hydrogens (tertiary/aromatic N) is 1. The van der Waals surface area contributed by atoms with E-state index in [4.69, 9.17) is 4.74 Å². The van der Waals surface area contributed by atoms with E-state index in [0.717, 1.165) is 16.7 Å². The Morgan fingerprint density at radius 2 is 1.80 bits per heavy atom. The van der Waals surface area contributed by atoms with Gasteiger partial charge >= 0.3 is 6.09 Å². The van der Waals surface area contributed by atoms with E-state index in [-0.39, 0.29) is 6.09 Å². The molecule has 1 heterocycles. The number of rotatable bonds is 2. The quantitative estimate of drug-likeness (QED) is 0.826. The van der Waals surface area contributed by atoms with Crippen molar-refractivity contribution in [1.29, 1.82) is 0 Å². The largest absolute Gasteiger partial charge is 0.444 e. The minimum atomic E-state index is -0.320. The van der Waals surface area contributed by atoms with Crippen molar-refractivity contribution in [3.05, 3.63) is 77.5 Å². The molecule has 3 heteroatoms. The van der Waals surface area contributed by atoms with Crippen LogP contribution in [0.15, 0.2) is 60.8 Å². The Morgan fingerprint density at radius 3 is 2.65 bits per heavy atom. The second-order valence-corrected chi connectivity index (χ2v) is 4.68. The SMILES string of the molecule is O=C(OCc1ccccc1)N1C=Cc2ccccc2C1. The Bertz CT molecular complexity index is 634. The van der Waals surface area contributed by atoms with Crippen molar-refractivity contribution in [2.75, 3.05) is 0 Å². The van der Waals surface area contributed by atoms with Crippen LogP contribution in [-0.2, 0) is 17.9 Å². The van der Waals surface area contributed by atoms with Gasteiger partial charge in [0, 0.05) is 6.20 Å². The summed E-state index contributed by atoms with van der Waals surface area (Å²) >= 11 is 0. The topological polar surface area (TPSA) is 29.5 Å². The van der Waals surface area contributed by atoms with Crippen LogP contribution in [-0.4, -0.2) is 11.0 Å². The lowest BCUT2D eigenvalue weighted by Gasteiger charge is -2.22. The molecule has 3 rings (SSSR count). The molecule has 0 atom stereocenters. The summed E-state index contributed by atoms with van der Waals surface area (Å²) in [5.41, 5.74) is 3.27. The van der Waals surface area contributed by atoms with Crippen LogP contribution in [0.5, 0.6) is 0 Å². The fourth-order valence-electron chi connectivity index (χ4n) is 2.17. The molecule has 0 aromatic heterocycles. The Hall–Kier alpha value is -2.55. The maximum atomic E-state index is 12.0. The Morgan fingerprint density at radius 1 is 1.05 bits per heavy atom. The van der Waals surface area contributed by atoms with Gasteiger partial charge in [0.05, 0.1) is 6.54 Å². The van der Waals surface area contributed by atoms with Crippen molar-refractivity contribution in [3.63, 3.8) is 0 Å². The monoisotopic (exact) mass is 265 g/mol. The molecule has 2 aromatic rings. The molecule has 0 radical (unpaired) electrons. The third-order valence-electron chi connectivity index (χ3n) is 3.27. The van der Waals surface area contributed by atoms with E-state index in [2.05, 4.69) is 0 Å². The van der Waals surface area contributed by atoms with Crippen LogP contribution in [0.1, 0.15) is 16.7 Å². The fraction of sp³-hybridized carbons (Fsp3) is 0.118. The summed E-state index contributed by atoms with van der Waals surface area (Å²) in [5.74, 6) is 0. The Kier molecular flexibility index (Phi) is 3.50. The molecule has 0 N–H and O–H groups in total. The molecular weight excluding hydrogens is 250 g/mol. The summed E-state index contributed by atoms with van der Waals surface area (Å²) in [4.78, 5) is 13.6. The standard InChI is InChI=1S/C17H15NO2/c19-17(20-13-14-6-2-1-3-7-14)18-11-10-15-8-4-5-9-16(15)12-18/h1-11H,12-13H2. The zero-order valence-corrected chi connectivity index (χ0v) is 11.0. The number of carbonyl (C=O) groups is 1. The Labute approximate surface area is 118 Å². The van der Waals surface area contributed by atoms with Crippen molar-refractivity contribution >= 4 is 12.2 Å². The summed E-state index contributed by atoms with van der Waals surface area (Å²) in [6, 6.07) is 17.7. The van der Waals surface area contributed by atoms with E-state index in [1.807, 2.05) is 60.7 Å². The van der Waals surface area contributed by atoms with E-state index < -0.39 is 0 Å². The molecule has 1 aliphatic heterocycles. The number of benzene rings is 2. The average Bonchev–Trinajstić information content (AvgIpc) is 2.53. The second-order valence-electron chi connectivity index (χ2n) is 4.68. The summed E-state index contributed by atoms with van der Waals surface area (Å²) in [6.45, 7) is 0.853. The summed E-state index contributed by atoms with van der Waals surface area (Å²) in [5, 5.41) is 0. The van der Waals surface area contributed by atoms with Gasteiger partial charge in [0.2, 0.25) is 0 Å². The third-order valence-corrected chi connectivity index (χ3v) is 3.27. The van der Waals surface area contributed by atoms with Gasteiger partial charge in [-0.2, -0.15) is 0 Å². The molecule has 1 amide bonds. The van der Waals surface area contributed by atoms with Gasteiger partial charge in [-0.15, -0.1) is 0 Å². The van der Waals surface area contributed by atoms with Crippen LogP contribution < -0.4 is 0 Å². The number of ether oxygens (including phenoxy) is 1. The number of hydrogen-bond donors (Lipinski definition) is 0. The van der Waals surface area contributed by atoms with Crippen molar-refractivity contribution in [1.82, 2.24) is 4.90 Å². The van der Waals surface area contributed by atoms with Gasteiger partial charge in [0.1, 0.15) is 6.61 Å². The molecule has 1 aliphatic rings. The third kappa shape index (κ3) is 2.72. The molecule has 0 saturated carbocycles. The molecule has 0 saturated heterocycles. The van der Waals surface area contributed by atoms with Crippen molar-refractivity contribution in [2.24, 2.45) is 0 Å². The summed E-state index contributed by atoms with van der Waals surface area (Å²) in [7, 11) is 0. The number of fused-ring (bicyclic) bond motifs is 1. The molecule has 0 unspecified atom stereocenters. The molecule has 0 aliphatic carbocycles. The highest BCUT2D eigenvalue weighted by Gasteiger charge is 2.17. The minimum Gasteiger partial charge on any atom is -0.444 e. The molecule has 0 bridgehead atoms. The highest BCUT2D eigenvalue weighted by Crippen LogP contribution is 2.20. The molecule has 0 fully saturated rings. The lowest BCUT2D eigenvalue weighted by atomic mass is 10.1. The highest BCUT2D eigenvalue weighted by molar-refractivity contribution is 5.72. The van der Waals surface area contributed by atoms with E-state index in [0.29, 0.717) is 13.2 Å². The van der Waals surface area contributed by atoms with Gasteiger partial charge in [-0.25, -0.2) is 4.79 Å². The fourth-order valence-corrected chi connectivity index (χ4v) is 2.17. The van der Waals surface area contributed by atoms with Crippen LogP contribution in [0.4, 0.5) is 4.79 Å². The smallest absolute Gasteiger partial charge is 0.414 e. The van der Waals surface area contributed by atoms with E-state index >= 15 is 0 Å². The normalized spacial score (nSPS) is 12.9. The maximum Gasteiger partial charge on any atom is 0.414 e. The number of amides is 1. The molecule has 2 aromatic carbocycles. The maximum absolute atomic E-state index is 12.0. The van der Waals surface area contributed by atoms with Crippen LogP contribution in [0.2, 0.25) is 0 Å². The van der Waals surface area contributed by atoms with Gasteiger partial charge in [-0.1, -0.05) is 54.6 Å². The van der Waals surface area contributed by atoms with Crippen LogP contribution in [0, 0.1) is 0 Å². The highest BCUT2D eigenvalue weighted by atomic mass is 16.6. The molecular formula is C17H15NO2. The minimum absolute atomic E-state index is 0.297. The van der Waals surface area contributed by atoms with E-state index in [1.165, 1.54) is 0 Å². The zero-order chi connectivity index (χ0) is 13.8. The average molecular weight is 265 g/mol. The summed E-state index contributed by atoms with van der Waals surface area (Å²) in [6.07, 6.45) is 3.39. The lowest BCUT2D eigenvalue weighted by molar-refractivity contribution is 0.108. The molecule has 3 nitrogen and oxygen atoms in total. The van der Waals surface area contributed by atoms with Crippen LogP contribution in [0.3, 0.4) is 0 Å². The summed E-state index contributed by atoms with van der Waals surface area (Å²) < 4.78 is 5.32. The van der Waals surface area contributed by atoms with Crippen molar-refractivity contribution < 1.29 is 9.53 Å². The zero-order valence-electron chi connectivity index (χ0n) is 11.0. The second kappa shape index (κ2) is 5.61. The van der Waals surface area contributed by atoms with Gasteiger partial charge < -0.3 is 4.74 Å². The lowest BCUT2D eigenvalue weighted by Crippen LogP contribution is -2.27. The first-order valence-corrected chi connectivity index (χ1v) is 6.56. The van der Waals surface area contributed by atoms with Crippen LogP contribution >= 0.6 is 0 Å². The van der Waals surface area contributed by atoms with Gasteiger partial charge in [0.25, 0.3) is 0 Å². The van der Waals surface area contributed by atoms with E-state index in [9.17, 15) is 4.79 Å². The molecule has 0 spiro atoms. The molecule has 20 heavy (non-hydrogen) atoms. The van der Waals surface area contributed by atoms with Gasteiger partial charge in [-0.05, 0) is 22.8 Å². The van der Waals surface area contributed by atoms with Crippen molar-refractivity contribution in [3.8, 4) is 0 Å². The van der Waals surface area contributed by atoms with Crippen molar-refractivity contribution in [2.45, 2.75) is 13.2 Å². The number of carbonyl (C=O) groups excluding carboxylic acids is 1. The first kappa shape index (κ1) is 12.5. The predicted octanol–water partition coefficient (Wildman–Crippen LogP) is 3.81. The van der Waals surface area contributed by atoms with E-state index in [1.54, 1.807) is 11.1 Å². The Balaban J connectivity index is 1.62.